The van der Waals surface area contributed by atoms with Gasteiger partial charge in [0.1, 0.15) is 12.2 Å². The standard InChI is InChI=1S/C27H21NO6/c1-14-20(12-24(29)30)27(32)34-23-11-15(28)10-21(25(14)23)26(31)33-13-22-18-8-4-2-6-16(18)17-7-3-5-9-19(17)22/h2-11,22H,12-13,28H2,1H3,(H,29,30). The van der Waals surface area contributed by atoms with Crippen LogP contribution in [0.3, 0.4) is 0 Å². The van der Waals surface area contributed by atoms with Crippen LogP contribution in [-0.4, -0.2) is 23.7 Å². The van der Waals surface area contributed by atoms with Gasteiger partial charge in [0, 0.05) is 23.1 Å². The summed E-state index contributed by atoms with van der Waals surface area (Å²) < 4.78 is 11.1. The molecule has 0 fully saturated rings. The van der Waals surface area contributed by atoms with E-state index in [4.69, 9.17) is 14.9 Å². The van der Waals surface area contributed by atoms with Gasteiger partial charge in [0.2, 0.25) is 0 Å². The van der Waals surface area contributed by atoms with E-state index in [0.29, 0.717) is 10.9 Å². The van der Waals surface area contributed by atoms with E-state index in [1.807, 2.05) is 36.4 Å². The fourth-order valence-electron chi connectivity index (χ4n) is 4.76. The molecule has 3 aromatic carbocycles. The van der Waals surface area contributed by atoms with E-state index in [1.54, 1.807) is 6.92 Å². The molecule has 0 aliphatic heterocycles. The van der Waals surface area contributed by atoms with Gasteiger partial charge in [-0.15, -0.1) is 0 Å². The Kier molecular flexibility index (Phi) is 5.17. The van der Waals surface area contributed by atoms with E-state index in [0.717, 1.165) is 22.3 Å². The minimum atomic E-state index is -1.17. The Labute approximate surface area is 194 Å². The molecule has 0 unspecified atom stereocenters. The first-order valence-corrected chi connectivity index (χ1v) is 10.8. The van der Waals surface area contributed by atoms with Crippen LogP contribution < -0.4 is 11.4 Å². The van der Waals surface area contributed by atoms with Crippen LogP contribution in [-0.2, 0) is 16.0 Å². The summed E-state index contributed by atoms with van der Waals surface area (Å²) in [6.45, 7) is 1.70. The molecular weight excluding hydrogens is 434 g/mol. The molecule has 1 aliphatic rings. The number of carbonyl (C=O) groups excluding carboxylic acids is 1. The summed E-state index contributed by atoms with van der Waals surface area (Å²) in [4.78, 5) is 36.8. The number of carboxylic acid groups (broad SMARTS) is 1. The zero-order valence-corrected chi connectivity index (χ0v) is 18.3. The predicted molar refractivity (Wildman–Crippen MR) is 127 cm³/mol. The number of carbonyl (C=O) groups is 2. The molecule has 0 amide bonds. The number of hydrogen-bond acceptors (Lipinski definition) is 6. The summed E-state index contributed by atoms with van der Waals surface area (Å²) in [6.07, 6.45) is -0.515. The maximum absolute atomic E-state index is 13.2. The summed E-state index contributed by atoms with van der Waals surface area (Å²) in [7, 11) is 0. The van der Waals surface area contributed by atoms with Crippen LogP contribution in [0.4, 0.5) is 5.69 Å². The quantitative estimate of drug-likeness (QED) is 0.262. The van der Waals surface area contributed by atoms with Gasteiger partial charge in [0.05, 0.1) is 17.5 Å². The molecule has 1 aliphatic carbocycles. The third kappa shape index (κ3) is 3.51. The molecule has 4 aromatic rings. The Bertz CT molecular complexity index is 1490. The van der Waals surface area contributed by atoms with Gasteiger partial charge in [-0.2, -0.15) is 0 Å². The number of fused-ring (bicyclic) bond motifs is 4. The van der Waals surface area contributed by atoms with Crippen LogP contribution in [0.15, 0.2) is 69.9 Å². The van der Waals surface area contributed by atoms with Gasteiger partial charge in [0.15, 0.2) is 0 Å². The molecule has 3 N–H and O–H groups in total. The molecule has 34 heavy (non-hydrogen) atoms. The lowest BCUT2D eigenvalue weighted by Gasteiger charge is -2.16. The highest BCUT2D eigenvalue weighted by Gasteiger charge is 2.30. The first kappa shape index (κ1) is 21.5. The number of anilines is 1. The molecule has 0 saturated heterocycles. The Balaban J connectivity index is 1.52. The summed E-state index contributed by atoms with van der Waals surface area (Å²) in [5, 5.41) is 9.51. The van der Waals surface area contributed by atoms with Crippen LogP contribution in [0.2, 0.25) is 0 Å². The van der Waals surface area contributed by atoms with Crippen molar-refractivity contribution < 1.29 is 23.8 Å². The number of esters is 1. The molecule has 0 spiro atoms. The van der Waals surface area contributed by atoms with Crippen molar-refractivity contribution in [3.63, 3.8) is 0 Å². The molecular formula is C27H21NO6. The number of benzene rings is 3. The Hall–Kier alpha value is -4.39. The maximum atomic E-state index is 13.2. The normalized spacial score (nSPS) is 12.4. The highest BCUT2D eigenvalue weighted by molar-refractivity contribution is 6.06. The van der Waals surface area contributed by atoms with Crippen molar-refractivity contribution in [3.8, 4) is 11.1 Å². The molecule has 0 radical (unpaired) electrons. The first-order valence-electron chi connectivity index (χ1n) is 10.8. The molecule has 1 aromatic heterocycles. The zero-order chi connectivity index (χ0) is 24.0. The average molecular weight is 455 g/mol. The van der Waals surface area contributed by atoms with Crippen LogP contribution in [0, 0.1) is 6.92 Å². The second-order valence-electron chi connectivity index (χ2n) is 8.33. The second-order valence-corrected chi connectivity index (χ2v) is 8.33. The van der Waals surface area contributed by atoms with E-state index in [1.165, 1.54) is 12.1 Å². The molecule has 7 heteroatoms. The molecule has 1 heterocycles. The summed E-state index contributed by atoms with van der Waals surface area (Å²) in [6, 6.07) is 18.9. The van der Waals surface area contributed by atoms with E-state index in [9.17, 15) is 19.5 Å². The first-order chi connectivity index (χ1) is 16.3. The Morgan fingerprint density at radius 3 is 2.26 bits per heavy atom. The van der Waals surface area contributed by atoms with Gasteiger partial charge in [0.25, 0.3) is 0 Å². The number of aryl methyl sites for hydroxylation is 1. The number of ether oxygens (including phenoxy) is 1. The number of hydrogen-bond donors (Lipinski definition) is 2. The van der Waals surface area contributed by atoms with Crippen LogP contribution in [0.1, 0.15) is 38.5 Å². The zero-order valence-electron chi connectivity index (χ0n) is 18.3. The minimum absolute atomic E-state index is 0.0162. The van der Waals surface area contributed by atoms with E-state index in [-0.39, 0.29) is 34.9 Å². The van der Waals surface area contributed by atoms with Crippen molar-refractivity contribution in [2.75, 3.05) is 12.3 Å². The lowest BCUT2D eigenvalue weighted by Crippen LogP contribution is -2.17. The van der Waals surface area contributed by atoms with E-state index < -0.39 is 24.0 Å². The summed E-state index contributed by atoms with van der Waals surface area (Å²) in [5.41, 5.74) is 10.4. The van der Waals surface area contributed by atoms with Crippen molar-refractivity contribution in [1.82, 2.24) is 0 Å². The monoisotopic (exact) mass is 455 g/mol. The van der Waals surface area contributed by atoms with Crippen molar-refractivity contribution in [2.24, 2.45) is 0 Å². The average Bonchev–Trinajstić information content (AvgIpc) is 3.13. The number of rotatable bonds is 5. The van der Waals surface area contributed by atoms with Crippen molar-refractivity contribution >= 4 is 28.6 Å². The van der Waals surface area contributed by atoms with Gasteiger partial charge in [-0.1, -0.05) is 48.5 Å². The van der Waals surface area contributed by atoms with Crippen LogP contribution in [0.25, 0.3) is 22.1 Å². The van der Waals surface area contributed by atoms with E-state index >= 15 is 0 Å². The minimum Gasteiger partial charge on any atom is -0.481 e. The summed E-state index contributed by atoms with van der Waals surface area (Å²) >= 11 is 0. The topological polar surface area (TPSA) is 120 Å². The van der Waals surface area contributed by atoms with Gasteiger partial charge in [-0.3, -0.25) is 4.79 Å². The van der Waals surface area contributed by atoms with Crippen molar-refractivity contribution in [1.29, 1.82) is 0 Å². The summed E-state index contributed by atoms with van der Waals surface area (Å²) in [5.74, 6) is -1.92. The second kappa shape index (κ2) is 8.19. The highest BCUT2D eigenvalue weighted by Crippen LogP contribution is 2.44. The highest BCUT2D eigenvalue weighted by atomic mass is 16.5. The molecule has 170 valence electrons. The Morgan fingerprint density at radius 1 is 1.03 bits per heavy atom. The lowest BCUT2D eigenvalue weighted by atomic mass is 9.97. The molecule has 0 atom stereocenters. The van der Waals surface area contributed by atoms with Crippen LogP contribution >= 0.6 is 0 Å². The maximum Gasteiger partial charge on any atom is 0.340 e. The third-order valence-corrected chi connectivity index (χ3v) is 6.29. The predicted octanol–water partition coefficient (Wildman–Crippen LogP) is 4.28. The largest absolute Gasteiger partial charge is 0.481 e. The fraction of sp³-hybridized carbons (Fsp3) is 0.148. The van der Waals surface area contributed by atoms with E-state index in [2.05, 4.69) is 12.1 Å². The van der Waals surface area contributed by atoms with Gasteiger partial charge in [-0.05, 0) is 40.8 Å². The number of nitrogens with two attached hydrogens (primary N) is 1. The van der Waals surface area contributed by atoms with Crippen LogP contribution in [0.5, 0.6) is 0 Å². The van der Waals surface area contributed by atoms with Crippen molar-refractivity contribution in [2.45, 2.75) is 19.3 Å². The smallest absolute Gasteiger partial charge is 0.340 e. The molecule has 0 bridgehead atoms. The third-order valence-electron chi connectivity index (χ3n) is 6.29. The number of nitrogen functional groups attached to an aromatic ring is 1. The molecule has 0 saturated carbocycles. The van der Waals surface area contributed by atoms with Gasteiger partial charge < -0.3 is 20.0 Å². The number of aliphatic carboxylic acids is 1. The molecule has 5 rings (SSSR count). The van der Waals surface area contributed by atoms with Crippen molar-refractivity contribution in [3.05, 3.63) is 98.9 Å². The van der Waals surface area contributed by atoms with Gasteiger partial charge in [-0.25, -0.2) is 9.59 Å². The SMILES string of the molecule is Cc1c(CC(=O)O)c(=O)oc2cc(N)cc(C(=O)OCC3c4ccccc4-c4ccccc43)c12. The lowest BCUT2D eigenvalue weighted by molar-refractivity contribution is -0.136. The Morgan fingerprint density at radius 2 is 1.65 bits per heavy atom. The van der Waals surface area contributed by atoms with Gasteiger partial charge >= 0.3 is 17.6 Å². The fourth-order valence-corrected chi connectivity index (χ4v) is 4.76. The number of carboxylic acids is 1. The molecule has 7 nitrogen and oxygen atoms in total.